The number of phenols is 1. The van der Waals surface area contributed by atoms with Gasteiger partial charge in [0.25, 0.3) is 0 Å². The number of aromatic hydroxyl groups is 1. The molecular weight excluding hydrogens is 421 g/mol. The first kappa shape index (κ1) is 23.9. The zero-order chi connectivity index (χ0) is 17.2. The summed E-state index contributed by atoms with van der Waals surface area (Å²) in [5.74, 6) is 0.209. The number of halogens is 3. The van der Waals surface area contributed by atoms with E-state index in [4.69, 9.17) is 0 Å². The molecule has 1 aliphatic heterocycles. The Morgan fingerprint density at radius 2 is 1.75 bits per heavy atom. The summed E-state index contributed by atoms with van der Waals surface area (Å²) in [6, 6.07) is 9.24. The van der Waals surface area contributed by atoms with E-state index in [-0.39, 0.29) is 43.0 Å². The SMILES string of the molecule is CN1CC=C(c2ccc(-c3ccc(O)cc3-c3cn[nH]c3)nn2)CC1.Cl.Cl.Cl. The van der Waals surface area contributed by atoms with Gasteiger partial charge in [-0.05, 0) is 54.9 Å². The van der Waals surface area contributed by atoms with Gasteiger partial charge in [0.15, 0.2) is 0 Å². The van der Waals surface area contributed by atoms with E-state index < -0.39 is 0 Å². The molecular formula is C19H22Cl3N5O. The van der Waals surface area contributed by atoms with E-state index in [1.165, 1.54) is 5.57 Å². The summed E-state index contributed by atoms with van der Waals surface area (Å²) in [5, 5.41) is 25.5. The van der Waals surface area contributed by atoms with Gasteiger partial charge >= 0.3 is 0 Å². The average Bonchev–Trinajstić information content (AvgIpc) is 3.17. The maximum Gasteiger partial charge on any atom is 0.116 e. The molecule has 1 aromatic carbocycles. The number of nitrogens with zero attached hydrogens (tertiary/aromatic N) is 4. The quantitative estimate of drug-likeness (QED) is 0.635. The van der Waals surface area contributed by atoms with Gasteiger partial charge in [0, 0.05) is 30.4 Å². The maximum atomic E-state index is 9.84. The fourth-order valence-corrected chi connectivity index (χ4v) is 3.04. The van der Waals surface area contributed by atoms with Gasteiger partial charge < -0.3 is 10.0 Å². The Kier molecular flexibility index (Phi) is 8.91. The van der Waals surface area contributed by atoms with Gasteiger partial charge in [-0.25, -0.2) is 0 Å². The minimum atomic E-state index is 0. The first-order valence-corrected chi connectivity index (χ1v) is 8.25. The van der Waals surface area contributed by atoms with Crippen molar-refractivity contribution < 1.29 is 5.11 Å². The van der Waals surface area contributed by atoms with Crippen LogP contribution >= 0.6 is 37.2 Å². The lowest BCUT2D eigenvalue weighted by atomic mass is 9.99. The normalized spacial score (nSPS) is 13.5. The van der Waals surface area contributed by atoms with Crippen molar-refractivity contribution in [1.29, 1.82) is 0 Å². The van der Waals surface area contributed by atoms with Crippen molar-refractivity contribution in [3.8, 4) is 28.1 Å². The second-order valence-electron chi connectivity index (χ2n) is 6.26. The van der Waals surface area contributed by atoms with E-state index >= 15 is 0 Å². The molecule has 6 nitrogen and oxygen atoms in total. The van der Waals surface area contributed by atoms with Crippen LogP contribution < -0.4 is 0 Å². The smallest absolute Gasteiger partial charge is 0.116 e. The number of H-pyrrole nitrogens is 1. The Bertz CT molecular complexity index is 914. The van der Waals surface area contributed by atoms with Crippen LogP contribution in [0.15, 0.2) is 48.8 Å². The highest BCUT2D eigenvalue weighted by molar-refractivity contribution is 5.86. The van der Waals surface area contributed by atoms with Crippen molar-refractivity contribution in [2.24, 2.45) is 0 Å². The fraction of sp³-hybridized carbons (Fsp3) is 0.211. The topological polar surface area (TPSA) is 77.9 Å². The number of benzene rings is 1. The Balaban J connectivity index is 0.00000131. The van der Waals surface area contributed by atoms with E-state index in [1.54, 1.807) is 24.5 Å². The molecule has 0 atom stereocenters. The zero-order valence-corrected chi connectivity index (χ0v) is 17.7. The molecule has 0 unspecified atom stereocenters. The van der Waals surface area contributed by atoms with Gasteiger partial charge in [0.1, 0.15) is 5.75 Å². The summed E-state index contributed by atoms with van der Waals surface area (Å²) in [6.07, 6.45) is 6.72. The molecule has 9 heteroatoms. The second-order valence-corrected chi connectivity index (χ2v) is 6.26. The van der Waals surface area contributed by atoms with Crippen LogP contribution in [0.4, 0.5) is 0 Å². The largest absolute Gasteiger partial charge is 0.508 e. The standard InChI is InChI=1S/C19H19N5O.3ClH/c1-24-8-6-13(7-9-24)18-4-5-19(23-22-18)16-3-2-15(25)10-17(16)14-11-20-21-12-14;;;/h2-6,10-12,25H,7-9H2,1H3,(H,20,21);3*1H. The van der Waals surface area contributed by atoms with E-state index in [9.17, 15) is 5.11 Å². The molecule has 0 bridgehead atoms. The summed E-state index contributed by atoms with van der Waals surface area (Å²) in [7, 11) is 2.12. The predicted octanol–water partition coefficient (Wildman–Crippen LogP) is 4.22. The Hall–Kier alpha value is -2.12. The molecule has 0 radical (unpaired) electrons. The highest BCUT2D eigenvalue weighted by Crippen LogP contribution is 2.33. The van der Waals surface area contributed by atoms with Crippen LogP contribution in [0, 0.1) is 0 Å². The van der Waals surface area contributed by atoms with Crippen LogP contribution in [-0.4, -0.2) is 50.5 Å². The molecule has 0 spiro atoms. The third-order valence-electron chi connectivity index (χ3n) is 4.49. The molecule has 0 aliphatic carbocycles. The maximum absolute atomic E-state index is 9.84. The van der Waals surface area contributed by atoms with Crippen LogP contribution in [-0.2, 0) is 0 Å². The summed E-state index contributed by atoms with van der Waals surface area (Å²) < 4.78 is 0. The summed E-state index contributed by atoms with van der Waals surface area (Å²) in [5.41, 5.74) is 5.63. The molecule has 0 fully saturated rings. The molecule has 3 aromatic rings. The van der Waals surface area contributed by atoms with Gasteiger partial charge in [-0.2, -0.15) is 10.2 Å². The molecule has 2 N–H and O–H groups in total. The lowest BCUT2D eigenvalue weighted by Crippen LogP contribution is -2.23. The van der Waals surface area contributed by atoms with Crippen LogP contribution in [0.5, 0.6) is 5.75 Å². The van der Waals surface area contributed by atoms with Crippen molar-refractivity contribution >= 4 is 42.8 Å². The van der Waals surface area contributed by atoms with Gasteiger partial charge in [-0.1, -0.05) is 6.08 Å². The molecule has 4 rings (SSSR count). The van der Waals surface area contributed by atoms with E-state index in [1.807, 2.05) is 18.2 Å². The molecule has 0 saturated carbocycles. The summed E-state index contributed by atoms with van der Waals surface area (Å²) >= 11 is 0. The number of nitrogens with one attached hydrogen (secondary N) is 1. The van der Waals surface area contributed by atoms with E-state index in [0.29, 0.717) is 0 Å². The first-order chi connectivity index (χ1) is 12.2. The van der Waals surface area contributed by atoms with Gasteiger partial charge in [0.2, 0.25) is 0 Å². The van der Waals surface area contributed by atoms with Crippen molar-refractivity contribution in [3.05, 3.63) is 54.5 Å². The van der Waals surface area contributed by atoms with Gasteiger partial charge in [-0.3, -0.25) is 5.10 Å². The number of aromatic nitrogens is 4. The molecule has 0 saturated heterocycles. The highest BCUT2D eigenvalue weighted by Gasteiger charge is 2.14. The van der Waals surface area contributed by atoms with Crippen LogP contribution in [0.3, 0.4) is 0 Å². The molecule has 3 heterocycles. The first-order valence-electron chi connectivity index (χ1n) is 8.25. The molecule has 28 heavy (non-hydrogen) atoms. The number of aromatic amines is 1. The summed E-state index contributed by atoms with van der Waals surface area (Å²) in [6.45, 7) is 1.99. The van der Waals surface area contributed by atoms with Gasteiger partial charge in [-0.15, -0.1) is 42.3 Å². The molecule has 0 amide bonds. The third kappa shape index (κ3) is 5.02. The lowest BCUT2D eigenvalue weighted by Gasteiger charge is -2.21. The van der Waals surface area contributed by atoms with Crippen molar-refractivity contribution in [2.75, 3.05) is 20.1 Å². The number of likely N-dealkylation sites (N-methyl/N-ethyl adjacent to an activating group) is 1. The third-order valence-corrected chi connectivity index (χ3v) is 4.49. The Labute approximate surface area is 182 Å². The fourth-order valence-electron chi connectivity index (χ4n) is 3.04. The van der Waals surface area contributed by atoms with Crippen LogP contribution in [0.2, 0.25) is 0 Å². The second kappa shape index (κ2) is 10.4. The van der Waals surface area contributed by atoms with E-state index in [0.717, 1.165) is 47.6 Å². The van der Waals surface area contributed by atoms with Crippen molar-refractivity contribution in [3.63, 3.8) is 0 Å². The zero-order valence-electron chi connectivity index (χ0n) is 15.2. The number of phenolic OH excluding ortho intramolecular Hbond substituents is 1. The highest BCUT2D eigenvalue weighted by atomic mass is 35.5. The number of rotatable bonds is 3. The minimum absolute atomic E-state index is 0. The predicted molar refractivity (Wildman–Crippen MR) is 119 cm³/mol. The number of hydrogen-bond donors (Lipinski definition) is 2. The van der Waals surface area contributed by atoms with Gasteiger partial charge in [0.05, 0.1) is 17.6 Å². The lowest BCUT2D eigenvalue weighted by molar-refractivity contribution is 0.369. The average molecular weight is 443 g/mol. The van der Waals surface area contributed by atoms with Crippen LogP contribution in [0.25, 0.3) is 28.0 Å². The Morgan fingerprint density at radius 1 is 1.00 bits per heavy atom. The van der Waals surface area contributed by atoms with Crippen LogP contribution in [0.1, 0.15) is 12.1 Å². The Morgan fingerprint density at radius 3 is 2.36 bits per heavy atom. The van der Waals surface area contributed by atoms with Crippen molar-refractivity contribution in [2.45, 2.75) is 6.42 Å². The molecule has 1 aliphatic rings. The number of hydrogen-bond acceptors (Lipinski definition) is 5. The molecule has 150 valence electrons. The van der Waals surface area contributed by atoms with Crippen molar-refractivity contribution in [1.82, 2.24) is 25.3 Å². The minimum Gasteiger partial charge on any atom is -0.508 e. The monoisotopic (exact) mass is 441 g/mol. The molecule has 2 aromatic heterocycles. The van der Waals surface area contributed by atoms with E-state index in [2.05, 4.69) is 38.4 Å². The summed E-state index contributed by atoms with van der Waals surface area (Å²) in [4.78, 5) is 2.28.